The number of guanidine groups is 1. The Morgan fingerprint density at radius 2 is 2.05 bits per heavy atom. The van der Waals surface area contributed by atoms with E-state index in [2.05, 4.69) is 20.2 Å². The number of nitrogens with two attached hydrogens (primary N) is 1. The number of nitrogens with one attached hydrogen (secondary N) is 1. The quantitative estimate of drug-likeness (QED) is 0.234. The zero-order valence-electron chi connectivity index (χ0n) is 12.0. The molecule has 0 radical (unpaired) electrons. The molecule has 0 aromatic carbocycles. The summed E-state index contributed by atoms with van der Waals surface area (Å²) in [5, 5.41) is 0. The molecule has 1 aliphatic carbocycles. The fourth-order valence-corrected chi connectivity index (χ4v) is 2.47. The lowest BCUT2D eigenvalue weighted by molar-refractivity contribution is 0.146. The highest BCUT2D eigenvalue weighted by Gasteiger charge is 2.31. The standard InChI is InChI=1S/C13H27N5O/c1-2-19-11-3-6-15-13(16-14)18-9-7-17(8-10-18)12-4-5-12/h12H,2-11,14H2,1H3,(H,15,16). The normalized spacial score (nSPS) is 21.8. The molecule has 1 saturated heterocycles. The smallest absolute Gasteiger partial charge is 0.208 e. The fraction of sp³-hybridized carbons (Fsp3) is 0.923. The molecule has 110 valence electrons. The highest BCUT2D eigenvalue weighted by molar-refractivity contribution is 5.79. The van der Waals surface area contributed by atoms with Gasteiger partial charge in [-0.2, -0.15) is 0 Å². The van der Waals surface area contributed by atoms with E-state index in [1.807, 2.05) is 6.92 Å². The van der Waals surface area contributed by atoms with Gasteiger partial charge >= 0.3 is 0 Å². The summed E-state index contributed by atoms with van der Waals surface area (Å²) in [5.74, 6) is 6.41. The molecule has 0 spiro atoms. The molecular weight excluding hydrogens is 242 g/mol. The van der Waals surface area contributed by atoms with Gasteiger partial charge in [-0.3, -0.25) is 15.3 Å². The average molecular weight is 269 g/mol. The van der Waals surface area contributed by atoms with Gasteiger partial charge in [-0.1, -0.05) is 0 Å². The Bertz CT molecular complexity index is 285. The molecule has 6 nitrogen and oxygen atoms in total. The van der Waals surface area contributed by atoms with Crippen LogP contribution in [0.1, 0.15) is 26.2 Å². The lowest BCUT2D eigenvalue weighted by atomic mass is 10.3. The monoisotopic (exact) mass is 269 g/mol. The second-order valence-corrected chi connectivity index (χ2v) is 5.15. The Hall–Kier alpha value is -0.850. The SMILES string of the molecule is CCOCCCN=C(NN)N1CCN(C2CC2)CC1. The van der Waals surface area contributed by atoms with Crippen molar-refractivity contribution in [3.05, 3.63) is 0 Å². The lowest BCUT2D eigenvalue weighted by Gasteiger charge is -2.36. The van der Waals surface area contributed by atoms with E-state index < -0.39 is 0 Å². The highest BCUT2D eigenvalue weighted by Crippen LogP contribution is 2.27. The maximum absolute atomic E-state index is 5.58. The molecule has 1 saturated carbocycles. The lowest BCUT2D eigenvalue weighted by Crippen LogP contribution is -2.54. The van der Waals surface area contributed by atoms with Crippen molar-refractivity contribution < 1.29 is 4.74 Å². The molecule has 0 aromatic rings. The summed E-state index contributed by atoms with van der Waals surface area (Å²) in [5.41, 5.74) is 2.74. The van der Waals surface area contributed by atoms with Gasteiger partial charge in [0.1, 0.15) is 0 Å². The molecule has 0 atom stereocenters. The predicted molar refractivity (Wildman–Crippen MR) is 76.9 cm³/mol. The van der Waals surface area contributed by atoms with Crippen LogP contribution in [0.4, 0.5) is 0 Å². The third-order valence-corrected chi connectivity index (χ3v) is 3.72. The largest absolute Gasteiger partial charge is 0.382 e. The summed E-state index contributed by atoms with van der Waals surface area (Å²) in [6.45, 7) is 8.62. The van der Waals surface area contributed by atoms with E-state index in [9.17, 15) is 0 Å². The summed E-state index contributed by atoms with van der Waals surface area (Å²) in [6.07, 6.45) is 3.71. The molecule has 6 heteroatoms. The third-order valence-electron chi connectivity index (χ3n) is 3.72. The van der Waals surface area contributed by atoms with E-state index >= 15 is 0 Å². The molecular formula is C13H27N5O. The molecule has 0 amide bonds. The van der Waals surface area contributed by atoms with Gasteiger partial charge < -0.3 is 9.64 Å². The summed E-state index contributed by atoms with van der Waals surface area (Å²) >= 11 is 0. The summed E-state index contributed by atoms with van der Waals surface area (Å²) < 4.78 is 5.30. The molecule has 3 N–H and O–H groups in total. The second kappa shape index (κ2) is 7.67. The minimum absolute atomic E-state index is 0.766. The number of hydrogen-bond donors (Lipinski definition) is 2. The van der Waals surface area contributed by atoms with Crippen LogP contribution < -0.4 is 11.3 Å². The highest BCUT2D eigenvalue weighted by atomic mass is 16.5. The molecule has 2 fully saturated rings. The van der Waals surface area contributed by atoms with Crippen molar-refractivity contribution in [3.8, 4) is 0 Å². The molecule has 2 aliphatic rings. The molecule has 1 heterocycles. The van der Waals surface area contributed by atoms with Gasteiger partial charge in [-0.15, -0.1) is 0 Å². The van der Waals surface area contributed by atoms with Crippen molar-refractivity contribution in [2.75, 3.05) is 45.9 Å². The van der Waals surface area contributed by atoms with Gasteiger partial charge in [0.2, 0.25) is 5.96 Å². The minimum atomic E-state index is 0.766. The topological polar surface area (TPSA) is 66.1 Å². The van der Waals surface area contributed by atoms with E-state index in [1.165, 1.54) is 12.8 Å². The van der Waals surface area contributed by atoms with Crippen LogP contribution in [0, 0.1) is 0 Å². The molecule has 0 unspecified atom stereocenters. The van der Waals surface area contributed by atoms with Crippen LogP contribution in [0.15, 0.2) is 4.99 Å². The van der Waals surface area contributed by atoms with Crippen molar-refractivity contribution in [1.82, 2.24) is 15.2 Å². The van der Waals surface area contributed by atoms with E-state index in [1.54, 1.807) is 0 Å². The Balaban J connectivity index is 1.69. The number of aliphatic imine (C=N–C) groups is 1. The zero-order chi connectivity index (χ0) is 13.5. The third kappa shape index (κ3) is 4.63. The first kappa shape index (κ1) is 14.6. The van der Waals surface area contributed by atoms with Crippen molar-refractivity contribution >= 4 is 5.96 Å². The van der Waals surface area contributed by atoms with Gasteiger partial charge in [0.05, 0.1) is 0 Å². The van der Waals surface area contributed by atoms with Crippen LogP contribution in [0.5, 0.6) is 0 Å². The number of piperazine rings is 1. The molecule has 0 aromatic heterocycles. The van der Waals surface area contributed by atoms with E-state index in [-0.39, 0.29) is 0 Å². The number of hydrazine groups is 1. The Morgan fingerprint density at radius 3 is 2.63 bits per heavy atom. The van der Waals surface area contributed by atoms with E-state index in [0.717, 1.165) is 64.4 Å². The van der Waals surface area contributed by atoms with Gasteiger partial charge in [0.25, 0.3) is 0 Å². The summed E-state index contributed by atoms with van der Waals surface area (Å²) in [6, 6.07) is 0.861. The number of ether oxygens (including phenoxy) is 1. The Labute approximate surface area is 115 Å². The number of rotatable bonds is 6. The maximum Gasteiger partial charge on any atom is 0.208 e. The second-order valence-electron chi connectivity index (χ2n) is 5.15. The molecule has 2 rings (SSSR count). The Morgan fingerprint density at radius 1 is 1.32 bits per heavy atom. The van der Waals surface area contributed by atoms with Crippen LogP contribution in [0.25, 0.3) is 0 Å². The van der Waals surface area contributed by atoms with Gasteiger partial charge in [0.15, 0.2) is 0 Å². The van der Waals surface area contributed by atoms with Crippen LogP contribution in [0.2, 0.25) is 0 Å². The van der Waals surface area contributed by atoms with Crippen LogP contribution in [0.3, 0.4) is 0 Å². The van der Waals surface area contributed by atoms with Crippen molar-refractivity contribution in [1.29, 1.82) is 0 Å². The summed E-state index contributed by atoms with van der Waals surface area (Å²) in [7, 11) is 0. The van der Waals surface area contributed by atoms with E-state index in [4.69, 9.17) is 10.6 Å². The predicted octanol–water partition coefficient (Wildman–Crippen LogP) is 0.0123. The number of nitrogens with zero attached hydrogens (tertiary/aromatic N) is 3. The molecule has 0 bridgehead atoms. The first-order valence-electron chi connectivity index (χ1n) is 7.43. The molecule has 19 heavy (non-hydrogen) atoms. The van der Waals surface area contributed by atoms with E-state index in [0.29, 0.717) is 0 Å². The number of hydrogen-bond acceptors (Lipinski definition) is 4. The molecule has 1 aliphatic heterocycles. The first-order valence-corrected chi connectivity index (χ1v) is 7.43. The van der Waals surface area contributed by atoms with Crippen molar-refractivity contribution in [2.45, 2.75) is 32.2 Å². The van der Waals surface area contributed by atoms with Crippen LogP contribution in [-0.4, -0.2) is 67.7 Å². The van der Waals surface area contributed by atoms with Gasteiger partial charge in [-0.05, 0) is 26.2 Å². The van der Waals surface area contributed by atoms with Crippen molar-refractivity contribution in [2.24, 2.45) is 10.8 Å². The minimum Gasteiger partial charge on any atom is -0.382 e. The van der Waals surface area contributed by atoms with Crippen LogP contribution in [-0.2, 0) is 4.74 Å². The summed E-state index contributed by atoms with van der Waals surface area (Å²) in [4.78, 5) is 9.36. The van der Waals surface area contributed by atoms with Gasteiger partial charge in [0, 0.05) is 52.0 Å². The Kier molecular flexibility index (Phi) is 5.88. The maximum atomic E-state index is 5.58. The van der Waals surface area contributed by atoms with Crippen LogP contribution >= 0.6 is 0 Å². The fourth-order valence-electron chi connectivity index (χ4n) is 2.47. The average Bonchev–Trinajstić information content (AvgIpc) is 3.28. The van der Waals surface area contributed by atoms with Crippen molar-refractivity contribution in [3.63, 3.8) is 0 Å². The zero-order valence-corrected chi connectivity index (χ0v) is 12.0. The van der Waals surface area contributed by atoms with Gasteiger partial charge in [-0.25, -0.2) is 5.84 Å². The first-order chi connectivity index (χ1) is 9.35.